The molecule has 3 rings (SSSR count). The van der Waals surface area contributed by atoms with Crippen molar-refractivity contribution in [2.75, 3.05) is 12.9 Å². The van der Waals surface area contributed by atoms with Crippen molar-refractivity contribution < 1.29 is 9.53 Å². The van der Waals surface area contributed by atoms with Gasteiger partial charge >= 0.3 is 0 Å². The van der Waals surface area contributed by atoms with E-state index in [-0.39, 0.29) is 17.7 Å². The molecule has 6 nitrogen and oxygen atoms in total. The minimum Gasteiger partial charge on any atom is -0.497 e. The Hall–Kier alpha value is -2.80. The Balaban J connectivity index is 1.75. The summed E-state index contributed by atoms with van der Waals surface area (Å²) in [5.74, 6) is 0.985. The van der Waals surface area contributed by atoms with Crippen molar-refractivity contribution in [3.05, 3.63) is 72.1 Å². The average Bonchev–Trinajstić information content (AvgIpc) is 3.10. The molecular weight excluding hydrogens is 348 g/mol. The molecule has 1 atom stereocenters. The molecule has 0 radical (unpaired) electrons. The lowest BCUT2D eigenvalue weighted by Gasteiger charge is -2.20. The molecule has 0 spiro atoms. The van der Waals surface area contributed by atoms with Gasteiger partial charge in [-0.05, 0) is 23.3 Å². The van der Waals surface area contributed by atoms with Crippen molar-refractivity contribution in [3.8, 4) is 5.75 Å². The third kappa shape index (κ3) is 4.43. The van der Waals surface area contributed by atoms with Crippen molar-refractivity contribution in [1.29, 1.82) is 0 Å². The van der Waals surface area contributed by atoms with E-state index in [0.29, 0.717) is 5.16 Å². The molecule has 0 saturated carbocycles. The van der Waals surface area contributed by atoms with E-state index in [1.54, 1.807) is 18.0 Å². The fourth-order valence-corrected chi connectivity index (χ4v) is 3.24. The molecule has 134 valence electrons. The van der Waals surface area contributed by atoms with E-state index in [1.807, 2.05) is 61.6 Å². The number of methoxy groups -OCH3 is 1. The molecule has 0 fully saturated rings. The molecule has 1 aromatic heterocycles. The van der Waals surface area contributed by atoms with Crippen molar-refractivity contribution in [3.63, 3.8) is 0 Å². The number of hydrogen-bond donors (Lipinski definition) is 1. The predicted molar refractivity (Wildman–Crippen MR) is 101 cm³/mol. The summed E-state index contributed by atoms with van der Waals surface area (Å²) in [6.45, 7) is 0. The Labute approximate surface area is 156 Å². The van der Waals surface area contributed by atoms with Crippen molar-refractivity contribution >= 4 is 17.7 Å². The first-order chi connectivity index (χ1) is 12.7. The standard InChI is InChI=1S/C19H20N4O2S/c1-23-13-20-22-19(23)26-12-17(24)21-18(14-6-4-3-5-7-14)15-8-10-16(25-2)11-9-15/h3-11,13,18H,12H2,1-2H3,(H,21,24)/t18-/m0/s1. The Kier molecular flexibility index (Phi) is 5.91. The Bertz CT molecular complexity index is 849. The fraction of sp³-hybridized carbons (Fsp3) is 0.211. The van der Waals surface area contributed by atoms with Crippen molar-refractivity contribution in [2.45, 2.75) is 11.2 Å². The predicted octanol–water partition coefficient (Wildman–Crippen LogP) is 2.82. The third-order valence-corrected chi connectivity index (χ3v) is 4.92. The normalized spacial score (nSPS) is 11.8. The summed E-state index contributed by atoms with van der Waals surface area (Å²) in [7, 11) is 3.49. The zero-order chi connectivity index (χ0) is 18.4. The Morgan fingerprint density at radius 1 is 1.15 bits per heavy atom. The van der Waals surface area contributed by atoms with Gasteiger partial charge in [0.1, 0.15) is 12.1 Å². The number of hydrogen-bond acceptors (Lipinski definition) is 5. The Morgan fingerprint density at radius 2 is 1.85 bits per heavy atom. The number of ether oxygens (including phenoxy) is 1. The van der Waals surface area contributed by atoms with E-state index in [1.165, 1.54) is 11.8 Å². The van der Waals surface area contributed by atoms with Crippen LogP contribution in [0.1, 0.15) is 17.2 Å². The van der Waals surface area contributed by atoms with Gasteiger partial charge in [0.2, 0.25) is 5.91 Å². The summed E-state index contributed by atoms with van der Waals surface area (Å²) in [4.78, 5) is 12.5. The third-order valence-electron chi connectivity index (χ3n) is 3.89. The molecule has 2 aromatic carbocycles. The summed E-state index contributed by atoms with van der Waals surface area (Å²) in [6, 6.07) is 17.4. The van der Waals surface area contributed by atoms with Gasteiger partial charge in [0, 0.05) is 7.05 Å². The van der Waals surface area contributed by atoms with E-state index in [0.717, 1.165) is 16.9 Å². The number of nitrogens with one attached hydrogen (secondary N) is 1. The molecule has 1 amide bonds. The van der Waals surface area contributed by atoms with Gasteiger partial charge in [-0.3, -0.25) is 4.79 Å². The van der Waals surface area contributed by atoms with Gasteiger partial charge < -0.3 is 14.6 Å². The topological polar surface area (TPSA) is 69.0 Å². The molecule has 26 heavy (non-hydrogen) atoms. The van der Waals surface area contributed by atoms with E-state index >= 15 is 0 Å². The maximum Gasteiger partial charge on any atom is 0.231 e. The molecule has 7 heteroatoms. The van der Waals surface area contributed by atoms with Gasteiger partial charge in [-0.25, -0.2) is 0 Å². The van der Waals surface area contributed by atoms with Gasteiger partial charge in [0.25, 0.3) is 0 Å². The second-order valence-corrected chi connectivity index (χ2v) is 6.64. The molecule has 0 unspecified atom stereocenters. The van der Waals surface area contributed by atoms with Crippen molar-refractivity contribution in [1.82, 2.24) is 20.1 Å². The lowest BCUT2D eigenvalue weighted by atomic mass is 9.98. The quantitative estimate of drug-likeness (QED) is 0.650. The number of carbonyl (C=O) groups is 1. The molecule has 1 heterocycles. The van der Waals surface area contributed by atoms with E-state index in [4.69, 9.17) is 4.74 Å². The highest BCUT2D eigenvalue weighted by Crippen LogP contribution is 2.24. The second-order valence-electron chi connectivity index (χ2n) is 5.70. The molecule has 0 aliphatic heterocycles. The van der Waals surface area contributed by atoms with E-state index in [9.17, 15) is 4.79 Å². The number of aryl methyl sites for hydroxylation is 1. The number of carbonyl (C=O) groups excluding carboxylic acids is 1. The molecule has 3 aromatic rings. The van der Waals surface area contributed by atoms with Crippen LogP contribution in [0, 0.1) is 0 Å². The number of nitrogens with zero attached hydrogens (tertiary/aromatic N) is 3. The fourth-order valence-electron chi connectivity index (χ4n) is 2.54. The monoisotopic (exact) mass is 368 g/mol. The van der Waals surface area contributed by atoms with Crippen LogP contribution in [0.25, 0.3) is 0 Å². The first kappa shape index (κ1) is 18.0. The zero-order valence-corrected chi connectivity index (χ0v) is 15.4. The van der Waals surface area contributed by atoms with Crippen molar-refractivity contribution in [2.24, 2.45) is 7.05 Å². The SMILES string of the molecule is COc1ccc([C@@H](NC(=O)CSc2nncn2C)c2ccccc2)cc1. The number of benzene rings is 2. The highest BCUT2D eigenvalue weighted by atomic mass is 32.2. The van der Waals surface area contributed by atoms with Gasteiger partial charge in [-0.15, -0.1) is 10.2 Å². The molecular formula is C19H20N4O2S. The highest BCUT2D eigenvalue weighted by molar-refractivity contribution is 7.99. The molecule has 0 aliphatic rings. The van der Waals surface area contributed by atoms with Crippen LogP contribution in [0.3, 0.4) is 0 Å². The number of thioether (sulfide) groups is 1. The largest absolute Gasteiger partial charge is 0.497 e. The Morgan fingerprint density at radius 3 is 2.46 bits per heavy atom. The highest BCUT2D eigenvalue weighted by Gasteiger charge is 2.17. The van der Waals surface area contributed by atoms with Gasteiger partial charge in [0.05, 0.1) is 18.9 Å². The lowest BCUT2D eigenvalue weighted by Crippen LogP contribution is -2.30. The number of aromatic nitrogens is 3. The summed E-state index contributed by atoms with van der Waals surface area (Å²) in [6.07, 6.45) is 1.62. The van der Waals surface area contributed by atoms with Gasteiger partial charge in [-0.2, -0.15) is 0 Å². The van der Waals surface area contributed by atoms with Crippen LogP contribution in [0.15, 0.2) is 66.1 Å². The van der Waals surface area contributed by atoms with Gasteiger partial charge in [-0.1, -0.05) is 54.2 Å². The van der Waals surface area contributed by atoms with Crippen LogP contribution >= 0.6 is 11.8 Å². The van der Waals surface area contributed by atoms with Crippen LogP contribution in [-0.4, -0.2) is 33.5 Å². The zero-order valence-electron chi connectivity index (χ0n) is 14.6. The molecule has 0 bridgehead atoms. The lowest BCUT2D eigenvalue weighted by molar-refractivity contribution is -0.119. The summed E-state index contributed by atoms with van der Waals surface area (Å²) < 4.78 is 7.01. The van der Waals surface area contributed by atoms with Crippen LogP contribution in [0.5, 0.6) is 5.75 Å². The van der Waals surface area contributed by atoms with Gasteiger partial charge in [0.15, 0.2) is 5.16 Å². The molecule has 0 aliphatic carbocycles. The first-order valence-electron chi connectivity index (χ1n) is 8.12. The van der Waals surface area contributed by atoms with Crippen LogP contribution in [0.2, 0.25) is 0 Å². The number of amides is 1. The van der Waals surface area contributed by atoms with Crippen LogP contribution < -0.4 is 10.1 Å². The average molecular weight is 368 g/mol. The molecule has 0 saturated heterocycles. The smallest absolute Gasteiger partial charge is 0.231 e. The maximum absolute atomic E-state index is 12.5. The van der Waals surface area contributed by atoms with E-state index < -0.39 is 0 Å². The molecule has 1 N–H and O–H groups in total. The van der Waals surface area contributed by atoms with E-state index in [2.05, 4.69) is 15.5 Å². The van der Waals surface area contributed by atoms with Crippen LogP contribution in [-0.2, 0) is 11.8 Å². The minimum absolute atomic E-state index is 0.0670. The second kappa shape index (κ2) is 8.53. The minimum atomic E-state index is -0.227. The first-order valence-corrected chi connectivity index (χ1v) is 9.11. The van der Waals surface area contributed by atoms with Crippen LogP contribution in [0.4, 0.5) is 0 Å². The number of rotatable bonds is 7. The summed E-state index contributed by atoms with van der Waals surface area (Å²) in [5.41, 5.74) is 2.02. The maximum atomic E-state index is 12.5. The summed E-state index contributed by atoms with van der Waals surface area (Å²) >= 11 is 1.36. The summed E-state index contributed by atoms with van der Waals surface area (Å²) in [5, 5.41) is 11.6.